The lowest BCUT2D eigenvalue weighted by Crippen LogP contribution is -2.28. The number of aliphatic hydroxyl groups is 1. The van der Waals surface area contributed by atoms with Crippen LogP contribution < -0.4 is 9.64 Å². The fourth-order valence-electron chi connectivity index (χ4n) is 2.24. The van der Waals surface area contributed by atoms with E-state index in [4.69, 9.17) is 4.74 Å². The number of benzene rings is 1. The first-order chi connectivity index (χ1) is 8.10. The summed E-state index contributed by atoms with van der Waals surface area (Å²) in [6.45, 7) is 3.27. The second-order valence-corrected chi connectivity index (χ2v) is 5.17. The van der Waals surface area contributed by atoms with Gasteiger partial charge in [0.2, 0.25) is 0 Å². The maximum absolute atomic E-state index is 9.34. The minimum Gasteiger partial charge on any atom is -0.496 e. The van der Waals surface area contributed by atoms with Crippen LogP contribution in [0.15, 0.2) is 18.2 Å². The average Bonchev–Trinajstić information content (AvgIpc) is 3.09. The van der Waals surface area contributed by atoms with E-state index < -0.39 is 0 Å². The predicted octanol–water partition coefficient (Wildman–Crippen LogP) is 2.21. The van der Waals surface area contributed by atoms with Gasteiger partial charge in [0.15, 0.2) is 0 Å². The molecule has 1 N–H and O–H groups in total. The number of methoxy groups -OCH3 is 1. The Bertz CT molecular complexity index is 399. The van der Waals surface area contributed by atoms with Crippen molar-refractivity contribution in [1.29, 1.82) is 0 Å². The zero-order valence-electron chi connectivity index (χ0n) is 10.9. The van der Waals surface area contributed by atoms with Crippen LogP contribution >= 0.6 is 0 Å². The van der Waals surface area contributed by atoms with Gasteiger partial charge < -0.3 is 14.7 Å². The van der Waals surface area contributed by atoms with Crippen LogP contribution in [0.1, 0.15) is 18.4 Å². The van der Waals surface area contributed by atoms with Crippen molar-refractivity contribution in [2.45, 2.75) is 19.8 Å². The average molecular weight is 235 g/mol. The molecule has 17 heavy (non-hydrogen) atoms. The topological polar surface area (TPSA) is 32.7 Å². The van der Waals surface area contributed by atoms with E-state index in [1.54, 1.807) is 7.11 Å². The van der Waals surface area contributed by atoms with Crippen LogP contribution in [0, 0.1) is 12.3 Å². The molecule has 1 aliphatic rings. The van der Waals surface area contributed by atoms with Crippen molar-refractivity contribution in [3.05, 3.63) is 23.8 Å². The SMILES string of the molecule is COc1ccc(N(C)CC2(CO)CC2)cc1C. The minimum absolute atomic E-state index is 0.155. The van der Waals surface area contributed by atoms with Crippen molar-refractivity contribution in [1.82, 2.24) is 0 Å². The number of rotatable bonds is 5. The van der Waals surface area contributed by atoms with Crippen molar-refractivity contribution < 1.29 is 9.84 Å². The summed E-state index contributed by atoms with van der Waals surface area (Å²) < 4.78 is 5.26. The smallest absolute Gasteiger partial charge is 0.121 e. The maximum atomic E-state index is 9.34. The first-order valence-corrected chi connectivity index (χ1v) is 6.07. The molecule has 0 heterocycles. The van der Waals surface area contributed by atoms with Crippen molar-refractivity contribution in [2.24, 2.45) is 5.41 Å². The number of hydrogen-bond acceptors (Lipinski definition) is 3. The summed E-state index contributed by atoms with van der Waals surface area (Å²) in [5, 5.41) is 9.34. The Balaban J connectivity index is 2.09. The quantitative estimate of drug-likeness (QED) is 0.849. The lowest BCUT2D eigenvalue weighted by Gasteiger charge is -2.25. The molecule has 3 heteroatoms. The molecule has 0 amide bonds. The predicted molar refractivity (Wildman–Crippen MR) is 69.8 cm³/mol. The molecule has 0 bridgehead atoms. The molecule has 3 nitrogen and oxygen atoms in total. The molecule has 0 aromatic heterocycles. The Kier molecular flexibility index (Phi) is 3.29. The number of nitrogens with zero attached hydrogens (tertiary/aromatic N) is 1. The molecular weight excluding hydrogens is 214 g/mol. The Morgan fingerprint density at radius 3 is 2.59 bits per heavy atom. The van der Waals surface area contributed by atoms with Crippen LogP contribution in [-0.2, 0) is 0 Å². The zero-order chi connectivity index (χ0) is 12.5. The molecule has 2 rings (SSSR count). The van der Waals surface area contributed by atoms with Crippen molar-refractivity contribution in [3.63, 3.8) is 0 Å². The third-order valence-corrected chi connectivity index (χ3v) is 3.68. The highest BCUT2D eigenvalue weighted by atomic mass is 16.5. The van der Waals surface area contributed by atoms with E-state index in [9.17, 15) is 5.11 Å². The number of aliphatic hydroxyl groups excluding tert-OH is 1. The highest BCUT2D eigenvalue weighted by molar-refractivity contribution is 5.52. The van der Waals surface area contributed by atoms with Crippen molar-refractivity contribution in [3.8, 4) is 5.75 Å². The van der Waals surface area contributed by atoms with Gasteiger partial charge >= 0.3 is 0 Å². The molecule has 0 aliphatic heterocycles. The van der Waals surface area contributed by atoms with E-state index in [0.29, 0.717) is 6.61 Å². The summed E-state index contributed by atoms with van der Waals surface area (Å²) in [5.74, 6) is 0.922. The lowest BCUT2D eigenvalue weighted by atomic mass is 10.1. The summed E-state index contributed by atoms with van der Waals surface area (Å²) in [6, 6.07) is 6.20. The van der Waals surface area contributed by atoms with Crippen molar-refractivity contribution >= 4 is 5.69 Å². The third kappa shape index (κ3) is 2.55. The van der Waals surface area contributed by atoms with Crippen LogP contribution in [0.3, 0.4) is 0 Å². The Hall–Kier alpha value is -1.22. The van der Waals surface area contributed by atoms with Crippen LogP contribution in [-0.4, -0.2) is 32.4 Å². The molecule has 1 fully saturated rings. The third-order valence-electron chi connectivity index (χ3n) is 3.68. The highest BCUT2D eigenvalue weighted by Gasteiger charge is 2.42. The van der Waals surface area contributed by atoms with Crippen LogP contribution in [0.4, 0.5) is 5.69 Å². The maximum Gasteiger partial charge on any atom is 0.121 e. The Morgan fingerprint density at radius 2 is 2.12 bits per heavy atom. The molecular formula is C14H21NO2. The first kappa shape index (κ1) is 12.2. The van der Waals surface area contributed by atoms with Gasteiger partial charge in [-0.1, -0.05) is 0 Å². The summed E-state index contributed by atoms with van der Waals surface area (Å²) in [6.07, 6.45) is 2.28. The lowest BCUT2D eigenvalue weighted by molar-refractivity contribution is 0.215. The van der Waals surface area contributed by atoms with E-state index in [2.05, 4.69) is 31.0 Å². The highest BCUT2D eigenvalue weighted by Crippen LogP contribution is 2.46. The van der Waals surface area contributed by atoms with Gasteiger partial charge in [0.25, 0.3) is 0 Å². The minimum atomic E-state index is 0.155. The van der Waals surface area contributed by atoms with Crippen LogP contribution in [0.2, 0.25) is 0 Å². The Labute approximate surface area is 103 Å². The van der Waals surface area contributed by atoms with E-state index in [1.807, 2.05) is 6.07 Å². The number of ether oxygens (including phenoxy) is 1. The molecule has 0 spiro atoms. The molecule has 0 atom stereocenters. The monoisotopic (exact) mass is 235 g/mol. The molecule has 1 aliphatic carbocycles. The standard InChI is InChI=1S/C14H21NO2/c1-11-8-12(4-5-13(11)17-3)15(2)9-14(10-16)6-7-14/h4-5,8,16H,6-7,9-10H2,1-3H3. The summed E-state index contributed by atoms with van der Waals surface area (Å²) in [4.78, 5) is 2.22. The van der Waals surface area contributed by atoms with Gasteiger partial charge in [-0.3, -0.25) is 0 Å². The molecule has 0 unspecified atom stereocenters. The van der Waals surface area contributed by atoms with Gasteiger partial charge in [-0.05, 0) is 43.5 Å². The first-order valence-electron chi connectivity index (χ1n) is 6.07. The van der Waals surface area contributed by atoms with E-state index >= 15 is 0 Å². The Morgan fingerprint density at radius 1 is 1.41 bits per heavy atom. The van der Waals surface area contributed by atoms with Crippen molar-refractivity contribution in [2.75, 3.05) is 32.2 Å². The van der Waals surface area contributed by atoms with Gasteiger partial charge in [0.05, 0.1) is 13.7 Å². The van der Waals surface area contributed by atoms with Gasteiger partial charge in [0, 0.05) is 24.7 Å². The second-order valence-electron chi connectivity index (χ2n) is 5.17. The molecule has 0 radical (unpaired) electrons. The van der Waals surface area contributed by atoms with E-state index in [1.165, 1.54) is 5.69 Å². The number of aryl methyl sites for hydroxylation is 1. The van der Waals surface area contributed by atoms with Gasteiger partial charge in [0.1, 0.15) is 5.75 Å². The molecule has 0 saturated heterocycles. The molecule has 1 aromatic carbocycles. The number of anilines is 1. The molecule has 1 aromatic rings. The van der Waals surface area contributed by atoms with Crippen LogP contribution in [0.5, 0.6) is 5.75 Å². The van der Waals surface area contributed by atoms with Gasteiger partial charge in [-0.2, -0.15) is 0 Å². The molecule has 94 valence electrons. The second kappa shape index (κ2) is 4.57. The normalized spacial score (nSPS) is 16.7. The largest absolute Gasteiger partial charge is 0.496 e. The van der Waals surface area contributed by atoms with E-state index in [-0.39, 0.29) is 5.41 Å². The summed E-state index contributed by atoms with van der Waals surface area (Å²) in [5.41, 5.74) is 2.48. The van der Waals surface area contributed by atoms with Gasteiger partial charge in [-0.25, -0.2) is 0 Å². The zero-order valence-corrected chi connectivity index (χ0v) is 10.9. The number of hydrogen-bond donors (Lipinski definition) is 1. The summed E-state index contributed by atoms with van der Waals surface area (Å²) in [7, 11) is 3.77. The van der Waals surface area contributed by atoms with Crippen LogP contribution in [0.25, 0.3) is 0 Å². The summed E-state index contributed by atoms with van der Waals surface area (Å²) >= 11 is 0. The molecule has 1 saturated carbocycles. The van der Waals surface area contributed by atoms with Gasteiger partial charge in [-0.15, -0.1) is 0 Å². The fraction of sp³-hybridized carbons (Fsp3) is 0.571. The van der Waals surface area contributed by atoms with E-state index in [0.717, 1.165) is 30.7 Å². The fourth-order valence-corrected chi connectivity index (χ4v) is 2.24.